The molecule has 166 valence electrons. The van der Waals surface area contributed by atoms with Crippen molar-refractivity contribution in [3.8, 4) is 0 Å². The van der Waals surface area contributed by atoms with Crippen molar-refractivity contribution in [1.29, 1.82) is 0 Å². The fraction of sp³-hybridized carbons (Fsp3) is 0.917. The Labute approximate surface area is 174 Å². The maximum absolute atomic E-state index is 12.5. The summed E-state index contributed by atoms with van der Waals surface area (Å²) >= 11 is 0. The Morgan fingerprint density at radius 1 is 0.643 bits per heavy atom. The summed E-state index contributed by atoms with van der Waals surface area (Å²) in [6, 6.07) is 0. The van der Waals surface area contributed by atoms with Gasteiger partial charge in [-0.3, -0.25) is 9.59 Å². The summed E-state index contributed by atoms with van der Waals surface area (Å²) in [4.78, 5) is 24.0. The minimum atomic E-state index is -0.286. The van der Waals surface area contributed by atoms with Gasteiger partial charge in [0.15, 0.2) is 0 Å². The molecular formula is C24H46O4. The van der Waals surface area contributed by atoms with Gasteiger partial charge in [-0.05, 0) is 38.5 Å². The van der Waals surface area contributed by atoms with Crippen LogP contribution in [0.15, 0.2) is 0 Å². The van der Waals surface area contributed by atoms with Gasteiger partial charge in [-0.1, -0.05) is 79.1 Å². The molecule has 0 amide bonds. The Bertz CT molecular complexity index is 388. The van der Waals surface area contributed by atoms with Crippen molar-refractivity contribution in [2.75, 3.05) is 13.2 Å². The van der Waals surface area contributed by atoms with Crippen molar-refractivity contribution >= 4 is 11.9 Å². The predicted molar refractivity (Wildman–Crippen MR) is 116 cm³/mol. The second-order valence-corrected chi connectivity index (χ2v) is 8.03. The van der Waals surface area contributed by atoms with Crippen LogP contribution in [0.3, 0.4) is 0 Å². The van der Waals surface area contributed by atoms with Crippen molar-refractivity contribution < 1.29 is 19.1 Å². The van der Waals surface area contributed by atoms with Gasteiger partial charge in [-0.2, -0.15) is 0 Å². The van der Waals surface area contributed by atoms with E-state index in [0.717, 1.165) is 64.2 Å². The quantitative estimate of drug-likeness (QED) is 0.174. The molecule has 0 aromatic heterocycles. The van der Waals surface area contributed by atoms with E-state index in [-0.39, 0.29) is 17.4 Å². The van der Waals surface area contributed by atoms with Gasteiger partial charge in [0.05, 0.1) is 18.6 Å². The molecule has 4 nitrogen and oxygen atoms in total. The highest BCUT2D eigenvalue weighted by molar-refractivity contribution is 5.76. The molecule has 0 N–H and O–H groups in total. The normalized spacial score (nSPS) is 11.4. The van der Waals surface area contributed by atoms with Crippen LogP contribution in [0.4, 0.5) is 0 Å². The first-order valence-electron chi connectivity index (χ1n) is 11.9. The highest BCUT2D eigenvalue weighted by Crippen LogP contribution is 2.34. The molecule has 0 aromatic carbocycles. The third kappa shape index (κ3) is 12.4. The van der Waals surface area contributed by atoms with Crippen LogP contribution in [0, 0.1) is 5.41 Å². The molecule has 0 aliphatic carbocycles. The zero-order valence-electron chi connectivity index (χ0n) is 19.2. The van der Waals surface area contributed by atoms with Crippen LogP contribution in [0.1, 0.15) is 124 Å². The maximum Gasteiger partial charge on any atom is 0.312 e. The zero-order valence-corrected chi connectivity index (χ0v) is 19.2. The van der Waals surface area contributed by atoms with E-state index in [1.54, 1.807) is 0 Å². The Morgan fingerprint density at radius 3 is 1.68 bits per heavy atom. The van der Waals surface area contributed by atoms with E-state index in [2.05, 4.69) is 27.7 Å². The highest BCUT2D eigenvalue weighted by atomic mass is 16.5. The third-order valence-corrected chi connectivity index (χ3v) is 5.81. The fourth-order valence-corrected chi connectivity index (χ4v) is 3.48. The lowest BCUT2D eigenvalue weighted by Gasteiger charge is -2.29. The molecule has 4 heteroatoms. The number of rotatable bonds is 19. The fourth-order valence-electron chi connectivity index (χ4n) is 3.48. The standard InChI is InChI=1S/C24H46O4/c1-5-9-20-27-22(25)18-16-14-12-11-13-15-17-19-24(7-3,8-4)23(26)28-21-10-6-2/h5-21H2,1-4H3. The van der Waals surface area contributed by atoms with Gasteiger partial charge in [0.1, 0.15) is 0 Å². The third-order valence-electron chi connectivity index (χ3n) is 5.81. The molecule has 28 heavy (non-hydrogen) atoms. The zero-order chi connectivity index (χ0) is 21.1. The predicted octanol–water partition coefficient (Wildman–Crippen LogP) is 6.99. The SMILES string of the molecule is CCCCOC(=O)CCCCCCCCCC(CC)(CC)C(=O)OCCCC. The van der Waals surface area contributed by atoms with Gasteiger partial charge < -0.3 is 9.47 Å². The van der Waals surface area contributed by atoms with Gasteiger partial charge in [0.2, 0.25) is 0 Å². The molecule has 0 atom stereocenters. The van der Waals surface area contributed by atoms with Gasteiger partial charge in [-0.15, -0.1) is 0 Å². The summed E-state index contributed by atoms with van der Waals surface area (Å²) < 4.78 is 10.7. The average Bonchev–Trinajstić information content (AvgIpc) is 2.70. The second-order valence-electron chi connectivity index (χ2n) is 8.03. The van der Waals surface area contributed by atoms with Crippen LogP contribution in [0.25, 0.3) is 0 Å². The van der Waals surface area contributed by atoms with E-state index < -0.39 is 0 Å². The van der Waals surface area contributed by atoms with Crippen molar-refractivity contribution in [3.05, 3.63) is 0 Å². The smallest absolute Gasteiger partial charge is 0.312 e. The van der Waals surface area contributed by atoms with Gasteiger partial charge in [-0.25, -0.2) is 0 Å². The summed E-state index contributed by atoms with van der Waals surface area (Å²) in [7, 11) is 0. The summed E-state index contributed by atoms with van der Waals surface area (Å²) in [6.45, 7) is 9.55. The van der Waals surface area contributed by atoms with Crippen LogP contribution in [-0.4, -0.2) is 25.2 Å². The topological polar surface area (TPSA) is 52.6 Å². The minimum Gasteiger partial charge on any atom is -0.466 e. The van der Waals surface area contributed by atoms with Crippen LogP contribution >= 0.6 is 0 Å². The Balaban J connectivity index is 3.80. The molecule has 0 aliphatic rings. The molecule has 0 unspecified atom stereocenters. The van der Waals surface area contributed by atoms with Crippen LogP contribution in [0.2, 0.25) is 0 Å². The molecule has 0 radical (unpaired) electrons. The first-order chi connectivity index (χ1) is 13.6. The first kappa shape index (κ1) is 26.9. The van der Waals surface area contributed by atoms with Crippen molar-refractivity contribution in [2.24, 2.45) is 5.41 Å². The molecule has 0 saturated heterocycles. The van der Waals surface area contributed by atoms with E-state index in [9.17, 15) is 9.59 Å². The number of ether oxygens (including phenoxy) is 2. The Hall–Kier alpha value is -1.06. The number of esters is 2. The highest BCUT2D eigenvalue weighted by Gasteiger charge is 2.35. The number of unbranched alkanes of at least 4 members (excludes halogenated alkanes) is 8. The molecule has 0 aliphatic heterocycles. The molecule has 0 aromatic rings. The van der Waals surface area contributed by atoms with Crippen molar-refractivity contribution in [1.82, 2.24) is 0 Å². The molecule has 0 heterocycles. The van der Waals surface area contributed by atoms with Gasteiger partial charge in [0.25, 0.3) is 0 Å². The lowest BCUT2D eigenvalue weighted by Crippen LogP contribution is -2.32. The van der Waals surface area contributed by atoms with E-state index in [1.807, 2.05) is 0 Å². The molecule has 0 bridgehead atoms. The maximum atomic E-state index is 12.5. The summed E-state index contributed by atoms with van der Waals surface area (Å²) in [5, 5.41) is 0. The largest absolute Gasteiger partial charge is 0.466 e. The van der Waals surface area contributed by atoms with Crippen molar-refractivity contribution in [3.63, 3.8) is 0 Å². The molecule has 0 fully saturated rings. The van der Waals surface area contributed by atoms with Crippen molar-refractivity contribution in [2.45, 2.75) is 124 Å². The molecule has 0 saturated carbocycles. The first-order valence-corrected chi connectivity index (χ1v) is 11.9. The molecule has 0 rings (SSSR count). The number of carbonyl (C=O) groups is 2. The van der Waals surface area contributed by atoms with E-state index in [4.69, 9.17) is 9.47 Å². The number of carbonyl (C=O) groups excluding carboxylic acids is 2. The van der Waals surface area contributed by atoms with E-state index in [1.165, 1.54) is 25.7 Å². The molecular weight excluding hydrogens is 352 g/mol. The summed E-state index contributed by atoms with van der Waals surface area (Å²) in [6.07, 6.45) is 15.1. The Morgan fingerprint density at radius 2 is 1.14 bits per heavy atom. The minimum absolute atomic E-state index is 0.0109. The monoisotopic (exact) mass is 398 g/mol. The number of hydrogen-bond donors (Lipinski definition) is 0. The molecule has 0 spiro atoms. The van der Waals surface area contributed by atoms with Crippen LogP contribution in [-0.2, 0) is 19.1 Å². The second kappa shape index (κ2) is 18.0. The summed E-state index contributed by atoms with van der Waals surface area (Å²) in [5.74, 6) is -0.0356. The average molecular weight is 399 g/mol. The van der Waals surface area contributed by atoms with E-state index >= 15 is 0 Å². The van der Waals surface area contributed by atoms with Gasteiger partial charge in [0, 0.05) is 6.42 Å². The van der Waals surface area contributed by atoms with Crippen LogP contribution in [0.5, 0.6) is 0 Å². The lowest BCUT2D eigenvalue weighted by molar-refractivity contribution is -0.157. The summed E-state index contributed by atoms with van der Waals surface area (Å²) in [5.41, 5.74) is -0.286. The van der Waals surface area contributed by atoms with E-state index in [0.29, 0.717) is 19.6 Å². The van der Waals surface area contributed by atoms with Crippen LogP contribution < -0.4 is 0 Å². The lowest BCUT2D eigenvalue weighted by atomic mass is 9.77. The number of hydrogen-bond acceptors (Lipinski definition) is 4. The Kier molecular flexibility index (Phi) is 17.3. The van der Waals surface area contributed by atoms with Gasteiger partial charge >= 0.3 is 11.9 Å².